The summed E-state index contributed by atoms with van der Waals surface area (Å²) in [5.41, 5.74) is 4.40. The van der Waals surface area contributed by atoms with Gasteiger partial charge in [-0.1, -0.05) is 0 Å². The summed E-state index contributed by atoms with van der Waals surface area (Å²) >= 11 is 0. The number of ether oxygens (including phenoxy) is 2. The average molecular weight is 365 g/mol. The summed E-state index contributed by atoms with van der Waals surface area (Å²) in [6.07, 6.45) is 0. The highest BCUT2D eigenvalue weighted by Crippen LogP contribution is 2.23. The van der Waals surface area contributed by atoms with Crippen LogP contribution in [0, 0.1) is 13.8 Å². The lowest BCUT2D eigenvalue weighted by molar-refractivity contribution is 0.101. The van der Waals surface area contributed by atoms with Crippen LogP contribution < -0.4 is 14.8 Å². The zero-order chi connectivity index (χ0) is 19.4. The van der Waals surface area contributed by atoms with Crippen molar-refractivity contribution in [1.82, 2.24) is 9.97 Å². The monoisotopic (exact) mass is 365 g/mol. The maximum absolute atomic E-state index is 12.8. The fourth-order valence-corrected chi connectivity index (χ4v) is 2.67. The van der Waals surface area contributed by atoms with E-state index in [9.17, 15) is 4.79 Å². The third-order valence-corrected chi connectivity index (χ3v) is 4.17. The molecule has 0 aliphatic heterocycles. The molecule has 3 aromatic rings. The van der Waals surface area contributed by atoms with Gasteiger partial charge < -0.3 is 14.8 Å². The van der Waals surface area contributed by atoms with Gasteiger partial charge in [-0.05, 0) is 75.2 Å². The SMILES string of the molecule is CCOc1ccc(NC(=O)c2nc3cc(C)c(C)cc3nc2OCC)cc1. The van der Waals surface area contributed by atoms with Gasteiger partial charge in [0.15, 0.2) is 5.69 Å². The molecule has 0 atom stereocenters. The number of carbonyl (C=O) groups is 1. The minimum Gasteiger partial charge on any atom is -0.494 e. The number of hydrogen-bond donors (Lipinski definition) is 1. The number of nitrogens with zero attached hydrogens (tertiary/aromatic N) is 2. The first-order chi connectivity index (χ1) is 13.0. The van der Waals surface area contributed by atoms with Crippen molar-refractivity contribution in [2.24, 2.45) is 0 Å². The molecular weight excluding hydrogens is 342 g/mol. The van der Waals surface area contributed by atoms with E-state index >= 15 is 0 Å². The van der Waals surface area contributed by atoms with E-state index in [-0.39, 0.29) is 17.5 Å². The van der Waals surface area contributed by atoms with Crippen molar-refractivity contribution in [1.29, 1.82) is 0 Å². The summed E-state index contributed by atoms with van der Waals surface area (Å²) in [5, 5.41) is 2.84. The van der Waals surface area contributed by atoms with Gasteiger partial charge in [-0.15, -0.1) is 0 Å². The second-order valence-electron chi connectivity index (χ2n) is 6.15. The van der Waals surface area contributed by atoms with Crippen LogP contribution in [-0.2, 0) is 0 Å². The number of rotatable bonds is 6. The van der Waals surface area contributed by atoms with E-state index in [0.29, 0.717) is 29.9 Å². The van der Waals surface area contributed by atoms with E-state index in [0.717, 1.165) is 16.9 Å². The second-order valence-corrected chi connectivity index (χ2v) is 6.15. The minimum absolute atomic E-state index is 0.168. The van der Waals surface area contributed by atoms with Crippen molar-refractivity contribution in [2.45, 2.75) is 27.7 Å². The molecule has 0 spiro atoms. The second kappa shape index (κ2) is 8.03. The Morgan fingerprint density at radius 1 is 0.926 bits per heavy atom. The Morgan fingerprint density at radius 3 is 2.11 bits per heavy atom. The van der Waals surface area contributed by atoms with E-state index in [1.165, 1.54) is 0 Å². The Bertz CT molecular complexity index is 969. The fourth-order valence-electron chi connectivity index (χ4n) is 2.67. The highest BCUT2D eigenvalue weighted by molar-refractivity contribution is 6.05. The molecule has 1 amide bonds. The Hall–Kier alpha value is -3.15. The smallest absolute Gasteiger partial charge is 0.279 e. The molecule has 2 aromatic carbocycles. The van der Waals surface area contributed by atoms with Crippen molar-refractivity contribution in [3.05, 3.63) is 53.2 Å². The summed E-state index contributed by atoms with van der Waals surface area (Å²) in [6.45, 7) is 8.78. The van der Waals surface area contributed by atoms with Gasteiger partial charge in [-0.25, -0.2) is 9.97 Å². The van der Waals surface area contributed by atoms with E-state index in [1.807, 2.05) is 39.8 Å². The molecule has 1 heterocycles. The molecule has 6 heteroatoms. The van der Waals surface area contributed by atoms with Gasteiger partial charge in [0.2, 0.25) is 5.88 Å². The lowest BCUT2D eigenvalue weighted by atomic mass is 10.1. The molecule has 0 saturated heterocycles. The van der Waals surface area contributed by atoms with Gasteiger partial charge in [0.05, 0.1) is 24.2 Å². The molecule has 0 saturated carbocycles. The summed E-state index contributed by atoms with van der Waals surface area (Å²) < 4.78 is 11.0. The molecule has 1 N–H and O–H groups in total. The zero-order valence-electron chi connectivity index (χ0n) is 16.0. The van der Waals surface area contributed by atoms with Gasteiger partial charge in [0.1, 0.15) is 5.75 Å². The number of aromatic nitrogens is 2. The number of hydrogen-bond acceptors (Lipinski definition) is 5. The number of fused-ring (bicyclic) bond motifs is 1. The van der Waals surface area contributed by atoms with Crippen LogP contribution in [0.2, 0.25) is 0 Å². The first-order valence-corrected chi connectivity index (χ1v) is 8.97. The minimum atomic E-state index is -0.366. The number of carbonyl (C=O) groups excluding carboxylic acids is 1. The fraction of sp³-hybridized carbons (Fsp3) is 0.286. The molecule has 0 aliphatic rings. The van der Waals surface area contributed by atoms with Gasteiger partial charge in [0.25, 0.3) is 5.91 Å². The van der Waals surface area contributed by atoms with Gasteiger partial charge in [0, 0.05) is 5.69 Å². The predicted octanol–water partition coefficient (Wildman–Crippen LogP) is 4.30. The molecular formula is C21H23N3O3. The van der Waals surface area contributed by atoms with Crippen molar-refractivity contribution in [3.63, 3.8) is 0 Å². The van der Waals surface area contributed by atoms with Crippen LogP contribution in [0.1, 0.15) is 35.5 Å². The Morgan fingerprint density at radius 2 is 1.52 bits per heavy atom. The summed E-state index contributed by atoms with van der Waals surface area (Å²) in [5.74, 6) is 0.619. The Labute approximate surface area is 158 Å². The summed E-state index contributed by atoms with van der Waals surface area (Å²) in [6, 6.07) is 11.1. The Balaban J connectivity index is 1.94. The number of anilines is 1. The molecule has 0 bridgehead atoms. The van der Waals surface area contributed by atoms with Crippen LogP contribution in [0.15, 0.2) is 36.4 Å². The van der Waals surface area contributed by atoms with Gasteiger partial charge in [-0.3, -0.25) is 4.79 Å². The third kappa shape index (κ3) is 4.16. The molecule has 6 nitrogen and oxygen atoms in total. The molecule has 1 aromatic heterocycles. The van der Waals surface area contributed by atoms with Crippen molar-refractivity contribution >= 4 is 22.6 Å². The normalized spacial score (nSPS) is 10.7. The van der Waals surface area contributed by atoms with Crippen LogP contribution in [-0.4, -0.2) is 29.1 Å². The number of aryl methyl sites for hydroxylation is 2. The van der Waals surface area contributed by atoms with Crippen LogP contribution in [0.4, 0.5) is 5.69 Å². The van der Waals surface area contributed by atoms with Crippen molar-refractivity contribution < 1.29 is 14.3 Å². The molecule has 140 valence electrons. The van der Waals surface area contributed by atoms with E-state index in [1.54, 1.807) is 24.3 Å². The maximum Gasteiger partial charge on any atom is 0.279 e. The van der Waals surface area contributed by atoms with Crippen LogP contribution >= 0.6 is 0 Å². The topological polar surface area (TPSA) is 73.3 Å². The van der Waals surface area contributed by atoms with Gasteiger partial charge in [-0.2, -0.15) is 0 Å². The summed E-state index contributed by atoms with van der Waals surface area (Å²) in [7, 11) is 0. The number of benzene rings is 2. The van der Waals surface area contributed by atoms with Crippen molar-refractivity contribution in [3.8, 4) is 11.6 Å². The summed E-state index contributed by atoms with van der Waals surface area (Å²) in [4.78, 5) is 21.8. The molecule has 0 fully saturated rings. The zero-order valence-corrected chi connectivity index (χ0v) is 16.0. The van der Waals surface area contributed by atoms with E-state index in [4.69, 9.17) is 9.47 Å². The molecule has 3 rings (SSSR count). The Kier molecular flexibility index (Phi) is 5.54. The standard InChI is InChI=1S/C21H23N3O3/c1-5-26-16-9-7-15(8-10-16)22-20(25)19-21(27-6-2)24-18-12-14(4)13(3)11-17(18)23-19/h7-12H,5-6H2,1-4H3,(H,22,25). The molecule has 0 radical (unpaired) electrons. The van der Waals surface area contributed by atoms with Crippen molar-refractivity contribution in [2.75, 3.05) is 18.5 Å². The quantitative estimate of drug-likeness (QED) is 0.705. The third-order valence-electron chi connectivity index (χ3n) is 4.17. The molecule has 27 heavy (non-hydrogen) atoms. The van der Waals surface area contributed by atoms with Gasteiger partial charge >= 0.3 is 0 Å². The largest absolute Gasteiger partial charge is 0.494 e. The predicted molar refractivity (Wildman–Crippen MR) is 106 cm³/mol. The number of amides is 1. The maximum atomic E-state index is 12.8. The molecule has 0 unspecified atom stereocenters. The average Bonchev–Trinajstić information content (AvgIpc) is 2.64. The van der Waals surface area contributed by atoms with E-state index < -0.39 is 0 Å². The van der Waals surface area contributed by atoms with Crippen LogP contribution in [0.25, 0.3) is 11.0 Å². The highest BCUT2D eigenvalue weighted by atomic mass is 16.5. The van der Waals surface area contributed by atoms with E-state index in [2.05, 4.69) is 15.3 Å². The lowest BCUT2D eigenvalue weighted by Gasteiger charge is -2.12. The lowest BCUT2D eigenvalue weighted by Crippen LogP contribution is -2.16. The van der Waals surface area contributed by atoms with Crippen LogP contribution in [0.3, 0.4) is 0 Å². The first kappa shape index (κ1) is 18.6. The highest BCUT2D eigenvalue weighted by Gasteiger charge is 2.18. The number of nitrogens with one attached hydrogen (secondary N) is 1. The first-order valence-electron chi connectivity index (χ1n) is 8.97. The molecule has 0 aliphatic carbocycles. The van der Waals surface area contributed by atoms with Crippen LogP contribution in [0.5, 0.6) is 11.6 Å².